The quantitative estimate of drug-likeness (QED) is 0.659. The van der Waals surface area contributed by atoms with Crippen molar-refractivity contribution in [3.8, 4) is 0 Å². The van der Waals surface area contributed by atoms with E-state index in [-0.39, 0.29) is 12.6 Å². The molecule has 3 nitrogen and oxygen atoms in total. The van der Waals surface area contributed by atoms with E-state index >= 15 is 0 Å². The highest BCUT2D eigenvalue weighted by Crippen LogP contribution is 2.31. The number of hydrogen-bond donors (Lipinski definition) is 2. The summed E-state index contributed by atoms with van der Waals surface area (Å²) in [6.07, 6.45) is 4.32. The highest BCUT2D eigenvalue weighted by atomic mass is 16.5. The van der Waals surface area contributed by atoms with Crippen LogP contribution in [0.25, 0.3) is 0 Å². The van der Waals surface area contributed by atoms with Gasteiger partial charge >= 0.3 is 0 Å². The molecule has 4 unspecified atom stereocenters. The zero-order valence-electron chi connectivity index (χ0n) is 8.20. The van der Waals surface area contributed by atoms with Crippen LogP contribution in [-0.4, -0.2) is 36.5 Å². The lowest BCUT2D eigenvalue weighted by Crippen LogP contribution is -2.36. The lowest BCUT2D eigenvalue weighted by molar-refractivity contribution is 0.0100. The molecule has 2 saturated heterocycles. The summed E-state index contributed by atoms with van der Waals surface area (Å²) in [6, 6.07) is 0.273. The van der Waals surface area contributed by atoms with Crippen LogP contribution in [0.1, 0.15) is 26.2 Å². The van der Waals surface area contributed by atoms with Crippen molar-refractivity contribution in [3.63, 3.8) is 0 Å². The van der Waals surface area contributed by atoms with Crippen LogP contribution in [0.15, 0.2) is 0 Å². The maximum absolute atomic E-state index is 9.14. The molecule has 0 amide bonds. The summed E-state index contributed by atoms with van der Waals surface area (Å²) in [7, 11) is 0. The van der Waals surface area contributed by atoms with Crippen molar-refractivity contribution >= 4 is 0 Å². The van der Waals surface area contributed by atoms with E-state index in [2.05, 4.69) is 12.2 Å². The summed E-state index contributed by atoms with van der Waals surface area (Å²) in [6.45, 7) is 3.42. The Hall–Kier alpha value is -0.120. The van der Waals surface area contributed by atoms with Gasteiger partial charge in [0.1, 0.15) is 0 Å². The van der Waals surface area contributed by atoms with E-state index < -0.39 is 0 Å². The standard InChI is InChI=1S/C10H19NO2/c1-7-2-3-10(13-7)8-4-5-11-9(8)6-12/h7-12H,2-6H2,1H3. The minimum absolute atomic E-state index is 0.249. The summed E-state index contributed by atoms with van der Waals surface area (Å²) >= 11 is 0. The van der Waals surface area contributed by atoms with Crippen molar-refractivity contribution in [1.82, 2.24) is 5.32 Å². The molecule has 0 spiro atoms. The SMILES string of the molecule is CC1CCC(C2CCNC2CO)O1. The Morgan fingerprint density at radius 1 is 1.38 bits per heavy atom. The largest absolute Gasteiger partial charge is 0.395 e. The van der Waals surface area contributed by atoms with Crippen molar-refractivity contribution in [3.05, 3.63) is 0 Å². The number of nitrogens with one attached hydrogen (secondary N) is 1. The molecule has 0 saturated carbocycles. The van der Waals surface area contributed by atoms with Gasteiger partial charge in [0.2, 0.25) is 0 Å². The summed E-state index contributed by atoms with van der Waals surface area (Å²) in [5.41, 5.74) is 0. The molecule has 0 aromatic rings. The summed E-state index contributed by atoms with van der Waals surface area (Å²) in [4.78, 5) is 0. The Kier molecular flexibility index (Phi) is 2.86. The Morgan fingerprint density at radius 2 is 2.23 bits per heavy atom. The van der Waals surface area contributed by atoms with E-state index in [0.29, 0.717) is 18.1 Å². The van der Waals surface area contributed by atoms with Crippen molar-refractivity contribution in [2.75, 3.05) is 13.2 Å². The second-order valence-corrected chi connectivity index (χ2v) is 4.26. The molecule has 13 heavy (non-hydrogen) atoms. The molecule has 0 aliphatic carbocycles. The van der Waals surface area contributed by atoms with Crippen LogP contribution in [0, 0.1) is 5.92 Å². The fourth-order valence-corrected chi connectivity index (χ4v) is 2.58. The maximum Gasteiger partial charge on any atom is 0.0624 e. The van der Waals surface area contributed by atoms with Gasteiger partial charge in [0.15, 0.2) is 0 Å². The maximum atomic E-state index is 9.14. The molecule has 2 heterocycles. The Labute approximate surface area is 79.5 Å². The van der Waals surface area contributed by atoms with Crippen LogP contribution in [0.3, 0.4) is 0 Å². The van der Waals surface area contributed by atoms with Crippen LogP contribution in [-0.2, 0) is 4.74 Å². The molecule has 4 atom stereocenters. The molecule has 2 aliphatic rings. The molecular formula is C10H19NO2. The average Bonchev–Trinajstić information content (AvgIpc) is 2.71. The zero-order chi connectivity index (χ0) is 9.26. The van der Waals surface area contributed by atoms with Gasteiger partial charge in [-0.2, -0.15) is 0 Å². The Morgan fingerprint density at radius 3 is 2.85 bits per heavy atom. The Bertz CT molecular complexity index is 174. The van der Waals surface area contributed by atoms with Crippen molar-refractivity contribution in [1.29, 1.82) is 0 Å². The zero-order valence-corrected chi connectivity index (χ0v) is 8.20. The molecule has 2 aliphatic heterocycles. The molecule has 3 heteroatoms. The number of ether oxygens (including phenoxy) is 1. The molecule has 2 rings (SSSR count). The van der Waals surface area contributed by atoms with Gasteiger partial charge in [0.05, 0.1) is 18.8 Å². The van der Waals surface area contributed by atoms with Crippen LogP contribution >= 0.6 is 0 Å². The van der Waals surface area contributed by atoms with E-state index in [0.717, 1.165) is 13.0 Å². The van der Waals surface area contributed by atoms with Gasteiger partial charge in [0, 0.05) is 12.0 Å². The minimum Gasteiger partial charge on any atom is -0.395 e. The van der Waals surface area contributed by atoms with Gasteiger partial charge in [-0.1, -0.05) is 0 Å². The van der Waals surface area contributed by atoms with E-state index in [1.165, 1.54) is 12.8 Å². The molecule has 76 valence electrons. The smallest absolute Gasteiger partial charge is 0.0624 e. The summed E-state index contributed by atoms with van der Waals surface area (Å²) in [5, 5.41) is 12.5. The lowest BCUT2D eigenvalue weighted by atomic mass is 9.93. The van der Waals surface area contributed by atoms with Crippen LogP contribution in [0.4, 0.5) is 0 Å². The molecule has 0 bridgehead atoms. The third kappa shape index (κ3) is 1.87. The van der Waals surface area contributed by atoms with Crippen LogP contribution in [0.5, 0.6) is 0 Å². The highest BCUT2D eigenvalue weighted by Gasteiger charge is 2.36. The fourth-order valence-electron chi connectivity index (χ4n) is 2.58. The number of aliphatic hydroxyl groups excluding tert-OH is 1. The first-order chi connectivity index (χ1) is 6.31. The first-order valence-corrected chi connectivity index (χ1v) is 5.31. The van der Waals surface area contributed by atoms with Crippen LogP contribution in [0.2, 0.25) is 0 Å². The third-order valence-electron chi connectivity index (χ3n) is 3.34. The minimum atomic E-state index is 0.249. The molecule has 0 aromatic carbocycles. The Balaban J connectivity index is 1.92. The van der Waals surface area contributed by atoms with Gasteiger partial charge in [-0.25, -0.2) is 0 Å². The fraction of sp³-hybridized carbons (Fsp3) is 1.00. The summed E-state index contributed by atoms with van der Waals surface area (Å²) in [5.74, 6) is 0.537. The predicted molar refractivity (Wildman–Crippen MR) is 50.6 cm³/mol. The third-order valence-corrected chi connectivity index (χ3v) is 3.34. The van der Waals surface area contributed by atoms with Crippen molar-refractivity contribution < 1.29 is 9.84 Å². The predicted octanol–water partition coefficient (Wildman–Crippen LogP) is 0.524. The van der Waals surface area contributed by atoms with Gasteiger partial charge < -0.3 is 15.2 Å². The lowest BCUT2D eigenvalue weighted by Gasteiger charge is -2.23. The average molecular weight is 185 g/mol. The highest BCUT2D eigenvalue weighted by molar-refractivity contribution is 4.90. The van der Waals surface area contributed by atoms with E-state index in [1.807, 2.05) is 0 Å². The topological polar surface area (TPSA) is 41.5 Å². The molecule has 0 aromatic heterocycles. The second kappa shape index (κ2) is 3.95. The normalized spacial score (nSPS) is 45.7. The van der Waals surface area contributed by atoms with Gasteiger partial charge in [-0.05, 0) is 32.7 Å². The molecule has 2 fully saturated rings. The number of rotatable bonds is 2. The van der Waals surface area contributed by atoms with Crippen molar-refractivity contribution in [2.45, 2.75) is 44.4 Å². The first-order valence-electron chi connectivity index (χ1n) is 5.31. The van der Waals surface area contributed by atoms with E-state index in [9.17, 15) is 0 Å². The van der Waals surface area contributed by atoms with Gasteiger partial charge in [-0.15, -0.1) is 0 Å². The molecule has 0 radical (unpaired) electrons. The molecule has 2 N–H and O–H groups in total. The van der Waals surface area contributed by atoms with Gasteiger partial charge in [0.25, 0.3) is 0 Å². The van der Waals surface area contributed by atoms with E-state index in [1.54, 1.807) is 0 Å². The van der Waals surface area contributed by atoms with Crippen molar-refractivity contribution in [2.24, 2.45) is 5.92 Å². The first kappa shape index (κ1) is 9.44. The monoisotopic (exact) mass is 185 g/mol. The number of aliphatic hydroxyl groups is 1. The van der Waals surface area contributed by atoms with Crippen LogP contribution < -0.4 is 5.32 Å². The second-order valence-electron chi connectivity index (χ2n) is 4.26. The van der Waals surface area contributed by atoms with E-state index in [4.69, 9.17) is 9.84 Å². The van der Waals surface area contributed by atoms with Gasteiger partial charge in [-0.3, -0.25) is 0 Å². The summed E-state index contributed by atoms with van der Waals surface area (Å²) < 4.78 is 5.83. The molecular weight excluding hydrogens is 166 g/mol. The number of hydrogen-bond acceptors (Lipinski definition) is 3.